The average Bonchev–Trinajstić information content (AvgIpc) is 2.77. The minimum atomic E-state index is -0.540. The Labute approximate surface area is 104 Å². The topological polar surface area (TPSA) is 41.6 Å². The largest absolute Gasteiger partial charge is 0.365 e. The van der Waals surface area contributed by atoms with E-state index < -0.39 is 5.60 Å². The van der Waals surface area contributed by atoms with Crippen molar-refractivity contribution in [2.75, 3.05) is 33.3 Å². The van der Waals surface area contributed by atoms with Crippen LogP contribution in [0.3, 0.4) is 0 Å². The summed E-state index contributed by atoms with van der Waals surface area (Å²) in [6.07, 6.45) is 4.23. The predicted molar refractivity (Wildman–Crippen MR) is 66.8 cm³/mol. The Balaban J connectivity index is 1.94. The molecule has 2 rings (SSSR count). The molecule has 0 aliphatic carbocycles. The van der Waals surface area contributed by atoms with Crippen LogP contribution in [0.5, 0.6) is 0 Å². The molecule has 2 unspecified atom stereocenters. The molecule has 2 saturated heterocycles. The molecule has 0 radical (unpaired) electrons. The minimum absolute atomic E-state index is 0.204. The molecule has 0 saturated carbocycles. The third kappa shape index (κ3) is 2.80. The van der Waals surface area contributed by atoms with Crippen molar-refractivity contribution in [3.8, 4) is 0 Å². The van der Waals surface area contributed by atoms with Crippen molar-refractivity contribution >= 4 is 5.91 Å². The van der Waals surface area contributed by atoms with Crippen LogP contribution in [0.15, 0.2) is 0 Å². The normalized spacial score (nSPS) is 34.0. The van der Waals surface area contributed by atoms with Gasteiger partial charge in [0.15, 0.2) is 0 Å². The van der Waals surface area contributed by atoms with Crippen LogP contribution in [0.2, 0.25) is 0 Å². The number of hydrogen-bond donors (Lipinski definition) is 1. The van der Waals surface area contributed by atoms with E-state index >= 15 is 0 Å². The number of nitrogens with one attached hydrogen (secondary N) is 1. The van der Waals surface area contributed by atoms with Gasteiger partial charge in [0.1, 0.15) is 5.60 Å². The molecular weight excluding hydrogens is 216 g/mol. The Morgan fingerprint density at radius 2 is 2.35 bits per heavy atom. The van der Waals surface area contributed by atoms with Gasteiger partial charge in [-0.1, -0.05) is 0 Å². The lowest BCUT2D eigenvalue weighted by atomic mass is 9.94. The number of carbonyl (C=O) groups excluding carboxylic acids is 1. The van der Waals surface area contributed by atoms with Crippen molar-refractivity contribution in [1.29, 1.82) is 0 Å². The monoisotopic (exact) mass is 240 g/mol. The Morgan fingerprint density at radius 3 is 3.00 bits per heavy atom. The van der Waals surface area contributed by atoms with Gasteiger partial charge >= 0.3 is 0 Å². The van der Waals surface area contributed by atoms with Crippen molar-refractivity contribution in [3.63, 3.8) is 0 Å². The summed E-state index contributed by atoms with van der Waals surface area (Å²) in [4.78, 5) is 14.5. The maximum atomic E-state index is 12.5. The highest BCUT2D eigenvalue weighted by Gasteiger charge is 2.41. The number of ether oxygens (including phenoxy) is 1. The van der Waals surface area contributed by atoms with Gasteiger partial charge in [-0.05, 0) is 52.1 Å². The molecule has 98 valence electrons. The van der Waals surface area contributed by atoms with Gasteiger partial charge in [0.05, 0.1) is 0 Å². The highest BCUT2D eigenvalue weighted by atomic mass is 16.5. The first-order valence-electron chi connectivity index (χ1n) is 6.73. The maximum Gasteiger partial charge on any atom is 0.254 e. The summed E-state index contributed by atoms with van der Waals surface area (Å²) in [5.41, 5.74) is -0.540. The molecule has 0 aromatic carbocycles. The second kappa shape index (κ2) is 5.36. The second-order valence-corrected chi connectivity index (χ2v) is 5.50. The van der Waals surface area contributed by atoms with Crippen LogP contribution >= 0.6 is 0 Å². The summed E-state index contributed by atoms with van der Waals surface area (Å²) >= 11 is 0. The standard InChI is InChI=1S/C13H24N2O2/c1-13(6-4-8-17-13)12(16)15-7-3-5-11(10-15)9-14-2/h11,14H,3-10H2,1-2H3. The van der Waals surface area contributed by atoms with Gasteiger partial charge in [-0.2, -0.15) is 0 Å². The number of carbonyl (C=O) groups is 1. The predicted octanol–water partition coefficient (Wildman–Crippen LogP) is 1.01. The quantitative estimate of drug-likeness (QED) is 0.800. The van der Waals surface area contributed by atoms with Gasteiger partial charge in [-0.15, -0.1) is 0 Å². The summed E-state index contributed by atoms with van der Waals surface area (Å²) in [5, 5.41) is 3.21. The van der Waals surface area contributed by atoms with E-state index in [1.54, 1.807) is 0 Å². The fourth-order valence-corrected chi connectivity index (χ4v) is 2.99. The van der Waals surface area contributed by atoms with Gasteiger partial charge in [-0.3, -0.25) is 4.79 Å². The second-order valence-electron chi connectivity index (χ2n) is 5.50. The number of amides is 1. The average molecular weight is 240 g/mol. The molecule has 2 aliphatic heterocycles. The van der Waals surface area contributed by atoms with Crippen molar-refractivity contribution in [2.24, 2.45) is 5.92 Å². The lowest BCUT2D eigenvalue weighted by molar-refractivity contribution is -0.152. The molecule has 4 heteroatoms. The zero-order valence-corrected chi connectivity index (χ0v) is 11.0. The Hall–Kier alpha value is -0.610. The van der Waals surface area contributed by atoms with E-state index in [0.717, 1.165) is 45.5 Å². The number of rotatable bonds is 3. The van der Waals surface area contributed by atoms with Gasteiger partial charge in [0.2, 0.25) is 0 Å². The lowest BCUT2D eigenvalue weighted by Crippen LogP contribution is -2.51. The molecule has 4 nitrogen and oxygen atoms in total. The van der Waals surface area contributed by atoms with Crippen LogP contribution in [0.4, 0.5) is 0 Å². The first-order valence-corrected chi connectivity index (χ1v) is 6.73. The molecule has 2 fully saturated rings. The molecule has 0 bridgehead atoms. The summed E-state index contributed by atoms with van der Waals surface area (Å²) in [5.74, 6) is 0.804. The van der Waals surface area contributed by atoms with E-state index in [1.165, 1.54) is 6.42 Å². The molecule has 0 aromatic heterocycles. The van der Waals surface area contributed by atoms with Crippen molar-refractivity contribution in [1.82, 2.24) is 10.2 Å². The van der Waals surface area contributed by atoms with E-state index in [-0.39, 0.29) is 5.91 Å². The molecule has 2 atom stereocenters. The Morgan fingerprint density at radius 1 is 1.53 bits per heavy atom. The molecule has 1 N–H and O–H groups in total. The van der Waals surface area contributed by atoms with Crippen molar-refractivity contribution in [3.05, 3.63) is 0 Å². The van der Waals surface area contributed by atoms with E-state index in [1.807, 2.05) is 18.9 Å². The summed E-state index contributed by atoms with van der Waals surface area (Å²) in [6.45, 7) is 5.47. The zero-order valence-electron chi connectivity index (χ0n) is 11.0. The number of nitrogens with zero attached hydrogens (tertiary/aromatic N) is 1. The fourth-order valence-electron chi connectivity index (χ4n) is 2.99. The highest BCUT2D eigenvalue weighted by molar-refractivity contribution is 5.85. The van der Waals surface area contributed by atoms with E-state index in [4.69, 9.17) is 4.74 Å². The Bertz CT molecular complexity index is 273. The van der Waals surface area contributed by atoms with Crippen LogP contribution in [-0.2, 0) is 9.53 Å². The van der Waals surface area contributed by atoms with Gasteiger partial charge in [0, 0.05) is 19.7 Å². The van der Waals surface area contributed by atoms with Crippen LogP contribution in [0, 0.1) is 5.92 Å². The summed E-state index contributed by atoms with van der Waals surface area (Å²) < 4.78 is 5.64. The molecule has 2 heterocycles. The van der Waals surface area contributed by atoms with Gasteiger partial charge in [0.25, 0.3) is 5.91 Å². The highest BCUT2D eigenvalue weighted by Crippen LogP contribution is 2.29. The number of piperidine rings is 1. The fraction of sp³-hybridized carbons (Fsp3) is 0.923. The SMILES string of the molecule is CNCC1CCCN(C(=O)C2(C)CCCO2)C1. The van der Waals surface area contributed by atoms with Crippen LogP contribution in [0.1, 0.15) is 32.6 Å². The van der Waals surface area contributed by atoms with Crippen LogP contribution in [0.25, 0.3) is 0 Å². The summed E-state index contributed by atoms with van der Waals surface area (Å²) in [6, 6.07) is 0. The Kier molecular flexibility index (Phi) is 4.05. The molecular formula is C13H24N2O2. The van der Waals surface area contributed by atoms with Crippen molar-refractivity contribution in [2.45, 2.75) is 38.2 Å². The van der Waals surface area contributed by atoms with Gasteiger partial charge < -0.3 is 15.0 Å². The first-order chi connectivity index (χ1) is 8.15. The van der Waals surface area contributed by atoms with E-state index in [0.29, 0.717) is 5.92 Å². The molecule has 1 amide bonds. The van der Waals surface area contributed by atoms with E-state index in [2.05, 4.69) is 5.32 Å². The molecule has 17 heavy (non-hydrogen) atoms. The molecule has 0 spiro atoms. The van der Waals surface area contributed by atoms with E-state index in [9.17, 15) is 4.79 Å². The minimum Gasteiger partial charge on any atom is -0.365 e. The third-order valence-electron chi connectivity index (χ3n) is 3.97. The zero-order chi connectivity index (χ0) is 12.3. The molecule has 2 aliphatic rings. The number of likely N-dealkylation sites (tertiary alicyclic amines) is 1. The molecule has 0 aromatic rings. The van der Waals surface area contributed by atoms with Crippen LogP contribution < -0.4 is 5.32 Å². The first kappa shape index (κ1) is 12.8. The number of hydrogen-bond acceptors (Lipinski definition) is 3. The van der Waals surface area contributed by atoms with Crippen molar-refractivity contribution < 1.29 is 9.53 Å². The smallest absolute Gasteiger partial charge is 0.254 e. The van der Waals surface area contributed by atoms with Crippen LogP contribution in [-0.4, -0.2) is 49.7 Å². The summed E-state index contributed by atoms with van der Waals surface area (Å²) in [7, 11) is 1.97. The van der Waals surface area contributed by atoms with Gasteiger partial charge in [-0.25, -0.2) is 0 Å². The maximum absolute atomic E-state index is 12.5. The third-order valence-corrected chi connectivity index (χ3v) is 3.97. The lowest BCUT2D eigenvalue weighted by Gasteiger charge is -2.37.